The van der Waals surface area contributed by atoms with Gasteiger partial charge in [0.25, 0.3) is 0 Å². The Kier molecular flexibility index (Phi) is 11.3. The zero-order valence-corrected chi connectivity index (χ0v) is 12.7. The number of carboxylic acids is 1. The molecule has 0 saturated carbocycles. The summed E-state index contributed by atoms with van der Waals surface area (Å²) in [4.78, 5) is 10.7. The second kappa shape index (κ2) is 12.0. The lowest BCUT2D eigenvalue weighted by molar-refractivity contribution is -0.133. The summed E-state index contributed by atoms with van der Waals surface area (Å²) in [5.41, 5.74) is 0.271. The molecule has 1 atom stereocenters. The second-order valence-corrected chi connectivity index (χ2v) is 5.31. The fourth-order valence-corrected chi connectivity index (χ4v) is 2.01. The Labute approximate surface area is 118 Å². The van der Waals surface area contributed by atoms with Crippen molar-refractivity contribution in [1.29, 1.82) is 0 Å². The highest BCUT2D eigenvalue weighted by Crippen LogP contribution is 2.12. The van der Waals surface area contributed by atoms with Gasteiger partial charge in [-0.15, -0.1) is 0 Å². The maximum atomic E-state index is 10.7. The van der Waals surface area contributed by atoms with Crippen molar-refractivity contribution in [2.24, 2.45) is 5.92 Å². The van der Waals surface area contributed by atoms with Gasteiger partial charge in [-0.3, -0.25) is 0 Å². The molecule has 0 aliphatic rings. The predicted octanol–water partition coefficient (Wildman–Crippen LogP) is 5.35. The molecule has 0 aromatic heterocycles. The molecule has 0 aliphatic carbocycles. The van der Waals surface area contributed by atoms with Crippen molar-refractivity contribution in [1.82, 2.24) is 0 Å². The van der Waals surface area contributed by atoms with Gasteiger partial charge in [-0.2, -0.15) is 0 Å². The fraction of sp³-hybridized carbons (Fsp3) is 0.706. The van der Waals surface area contributed by atoms with Crippen LogP contribution in [0.4, 0.5) is 0 Å². The van der Waals surface area contributed by atoms with Crippen molar-refractivity contribution < 1.29 is 9.90 Å². The Hall–Kier alpha value is -1.05. The van der Waals surface area contributed by atoms with E-state index in [1.54, 1.807) is 0 Å². The number of allylic oxidation sites excluding steroid dienone is 2. The van der Waals surface area contributed by atoms with Gasteiger partial charge in [0, 0.05) is 11.5 Å². The molecule has 110 valence electrons. The van der Waals surface area contributed by atoms with Crippen LogP contribution in [0, 0.1) is 5.92 Å². The van der Waals surface area contributed by atoms with Crippen LogP contribution in [0.15, 0.2) is 24.3 Å². The summed E-state index contributed by atoms with van der Waals surface area (Å²) in [6, 6.07) is 0. The van der Waals surface area contributed by atoms with E-state index < -0.39 is 5.97 Å². The van der Waals surface area contributed by atoms with Gasteiger partial charge >= 0.3 is 5.97 Å². The lowest BCUT2D eigenvalue weighted by Crippen LogP contribution is -2.05. The Balaban J connectivity index is 3.43. The van der Waals surface area contributed by atoms with Gasteiger partial charge in [0.1, 0.15) is 0 Å². The van der Waals surface area contributed by atoms with Crippen molar-refractivity contribution in [3.8, 4) is 0 Å². The van der Waals surface area contributed by atoms with Crippen molar-refractivity contribution in [3.05, 3.63) is 24.3 Å². The number of rotatable bonds is 12. The molecule has 0 fully saturated rings. The highest BCUT2D eigenvalue weighted by atomic mass is 16.4. The summed E-state index contributed by atoms with van der Waals surface area (Å²) in [7, 11) is 0. The van der Waals surface area contributed by atoms with Crippen molar-refractivity contribution in [2.45, 2.75) is 71.6 Å². The lowest BCUT2D eigenvalue weighted by Gasteiger charge is -2.04. The smallest absolute Gasteiger partial charge is 0.331 e. The van der Waals surface area contributed by atoms with Gasteiger partial charge in [0.15, 0.2) is 0 Å². The molecular formula is C17H30O2. The minimum atomic E-state index is -0.899. The topological polar surface area (TPSA) is 37.3 Å². The molecule has 0 saturated heterocycles. The third-order valence-electron chi connectivity index (χ3n) is 3.47. The molecule has 0 aromatic rings. The van der Waals surface area contributed by atoms with Crippen LogP contribution in [0.5, 0.6) is 0 Å². The van der Waals surface area contributed by atoms with E-state index in [0.29, 0.717) is 0 Å². The summed E-state index contributed by atoms with van der Waals surface area (Å²) < 4.78 is 0. The molecule has 2 heteroatoms. The molecule has 2 nitrogen and oxygen atoms in total. The van der Waals surface area contributed by atoms with E-state index in [2.05, 4.69) is 19.6 Å². The summed E-state index contributed by atoms with van der Waals surface area (Å²) in [5, 5.41) is 8.78. The van der Waals surface area contributed by atoms with Gasteiger partial charge in [0.05, 0.1) is 0 Å². The van der Waals surface area contributed by atoms with Gasteiger partial charge in [-0.25, -0.2) is 4.79 Å². The fourth-order valence-electron chi connectivity index (χ4n) is 2.01. The first-order valence-corrected chi connectivity index (χ1v) is 7.68. The molecule has 1 N–H and O–H groups in total. The van der Waals surface area contributed by atoms with E-state index >= 15 is 0 Å². The number of aliphatic carboxylic acids is 1. The number of hydrogen-bond acceptors (Lipinski definition) is 1. The summed E-state index contributed by atoms with van der Waals surface area (Å²) in [6.07, 6.45) is 15.7. The summed E-state index contributed by atoms with van der Waals surface area (Å²) in [6.45, 7) is 7.69. The van der Waals surface area contributed by atoms with E-state index in [1.165, 1.54) is 51.4 Å². The zero-order valence-electron chi connectivity index (χ0n) is 12.7. The quantitative estimate of drug-likeness (QED) is 0.294. The third kappa shape index (κ3) is 10.5. The van der Waals surface area contributed by atoms with E-state index in [9.17, 15) is 4.79 Å². The Morgan fingerprint density at radius 1 is 1.11 bits per heavy atom. The van der Waals surface area contributed by atoms with Crippen molar-refractivity contribution in [2.75, 3.05) is 0 Å². The normalized spacial score (nSPS) is 12.7. The molecule has 1 unspecified atom stereocenters. The van der Waals surface area contributed by atoms with Crippen molar-refractivity contribution in [3.63, 3.8) is 0 Å². The summed E-state index contributed by atoms with van der Waals surface area (Å²) >= 11 is 0. The molecule has 0 aromatic carbocycles. The van der Waals surface area contributed by atoms with Gasteiger partial charge in [-0.05, 0) is 12.8 Å². The van der Waals surface area contributed by atoms with Crippen LogP contribution in [0.1, 0.15) is 71.6 Å². The molecule has 0 bridgehead atoms. The monoisotopic (exact) mass is 266 g/mol. The van der Waals surface area contributed by atoms with Crippen LogP contribution >= 0.6 is 0 Å². The highest BCUT2D eigenvalue weighted by Gasteiger charge is 2.09. The van der Waals surface area contributed by atoms with E-state index in [-0.39, 0.29) is 11.5 Å². The predicted molar refractivity (Wildman–Crippen MR) is 82.3 cm³/mol. The number of carbonyl (C=O) groups is 1. The molecule has 0 aliphatic heterocycles. The molecular weight excluding hydrogens is 236 g/mol. The zero-order chi connectivity index (χ0) is 14.5. The average molecular weight is 266 g/mol. The van der Waals surface area contributed by atoms with Gasteiger partial charge in [0.2, 0.25) is 0 Å². The first-order valence-electron chi connectivity index (χ1n) is 7.68. The first-order chi connectivity index (χ1) is 9.09. The standard InChI is InChI=1S/C17H30O2/c1-4-5-6-7-8-9-10-11-12-13-14-15(2)16(3)17(18)19/h13-15H,3-12H2,1-2H3,(H,18,19)/b14-13-. The second-order valence-electron chi connectivity index (χ2n) is 5.31. The number of unbranched alkanes of at least 4 members (excludes halogenated alkanes) is 8. The van der Waals surface area contributed by atoms with E-state index in [1.807, 2.05) is 13.0 Å². The SMILES string of the molecule is C=C(C(=O)O)C(C)/C=C\CCCCCCCCCC. The Morgan fingerprint density at radius 2 is 1.63 bits per heavy atom. The third-order valence-corrected chi connectivity index (χ3v) is 3.47. The molecule has 0 spiro atoms. The average Bonchev–Trinajstić information content (AvgIpc) is 2.39. The largest absolute Gasteiger partial charge is 0.478 e. The number of hydrogen-bond donors (Lipinski definition) is 1. The molecule has 0 rings (SSSR count). The van der Waals surface area contributed by atoms with Gasteiger partial charge < -0.3 is 5.11 Å². The maximum Gasteiger partial charge on any atom is 0.331 e. The van der Waals surface area contributed by atoms with Crippen LogP contribution in [0.2, 0.25) is 0 Å². The molecule has 0 amide bonds. The van der Waals surface area contributed by atoms with Crippen LogP contribution in [0.25, 0.3) is 0 Å². The van der Waals surface area contributed by atoms with Crippen LogP contribution in [0.3, 0.4) is 0 Å². The first kappa shape index (κ1) is 17.9. The van der Waals surface area contributed by atoms with Gasteiger partial charge in [-0.1, -0.05) is 77.5 Å². The van der Waals surface area contributed by atoms with Crippen LogP contribution in [-0.2, 0) is 4.79 Å². The number of carboxylic acid groups (broad SMARTS) is 1. The lowest BCUT2D eigenvalue weighted by atomic mass is 10.0. The summed E-state index contributed by atoms with van der Waals surface area (Å²) in [5.74, 6) is -0.962. The Bertz CT molecular complexity index is 279. The van der Waals surface area contributed by atoms with E-state index in [4.69, 9.17) is 5.11 Å². The van der Waals surface area contributed by atoms with Crippen LogP contribution in [-0.4, -0.2) is 11.1 Å². The van der Waals surface area contributed by atoms with E-state index in [0.717, 1.165) is 6.42 Å². The minimum absolute atomic E-state index is 0.0634. The minimum Gasteiger partial charge on any atom is -0.478 e. The highest BCUT2D eigenvalue weighted by molar-refractivity contribution is 5.86. The molecule has 19 heavy (non-hydrogen) atoms. The van der Waals surface area contributed by atoms with Crippen LogP contribution < -0.4 is 0 Å². The van der Waals surface area contributed by atoms with Crippen molar-refractivity contribution >= 4 is 5.97 Å². The molecule has 0 heterocycles. The maximum absolute atomic E-state index is 10.7. The molecule has 0 radical (unpaired) electrons. The Morgan fingerprint density at radius 3 is 2.16 bits per heavy atom.